The van der Waals surface area contributed by atoms with Gasteiger partial charge in [0.15, 0.2) is 0 Å². The maximum absolute atomic E-state index is 8.92. The van der Waals surface area contributed by atoms with Gasteiger partial charge < -0.3 is 34.6 Å². The van der Waals surface area contributed by atoms with Crippen molar-refractivity contribution in [2.75, 3.05) is 33.0 Å². The minimum absolute atomic E-state index is 0.00667. The van der Waals surface area contributed by atoms with Crippen LogP contribution >= 0.6 is 0 Å². The number of aliphatic hydroxyl groups excluding tert-OH is 4. The van der Waals surface area contributed by atoms with Gasteiger partial charge in [0.2, 0.25) is 0 Å². The molecule has 0 heterocycles. The van der Waals surface area contributed by atoms with E-state index in [0.717, 1.165) is 0 Å². The van der Waals surface area contributed by atoms with Crippen molar-refractivity contribution in [2.24, 2.45) is 0 Å². The summed E-state index contributed by atoms with van der Waals surface area (Å²) in [4.78, 5) is 0. The molecule has 0 saturated heterocycles. The fourth-order valence-corrected chi connectivity index (χ4v) is 1.06. The van der Waals surface area contributed by atoms with Gasteiger partial charge in [0.1, 0.15) is 0 Å². The number of aliphatic hydroxyl groups is 4. The molecular formula is C15H34O7. The molecule has 0 aliphatic carbocycles. The van der Waals surface area contributed by atoms with Gasteiger partial charge in [-0.1, -0.05) is 0 Å². The Balaban J connectivity index is 0. The summed E-state index contributed by atoms with van der Waals surface area (Å²) in [6.07, 6.45) is -1.27. The Morgan fingerprint density at radius 2 is 0.909 bits per heavy atom. The molecule has 7 heteroatoms. The summed E-state index contributed by atoms with van der Waals surface area (Å²) in [7, 11) is 0. The van der Waals surface area contributed by atoms with Crippen LogP contribution in [0.5, 0.6) is 0 Å². The van der Waals surface area contributed by atoms with E-state index in [1.54, 1.807) is 27.7 Å². The molecular weight excluding hydrogens is 292 g/mol. The maximum Gasteiger partial charge on any atom is 0.0781 e. The number of hydrogen-bond acceptors (Lipinski definition) is 7. The topological polar surface area (TPSA) is 109 Å². The number of ether oxygens (including phenoxy) is 3. The smallest absolute Gasteiger partial charge is 0.0781 e. The van der Waals surface area contributed by atoms with Gasteiger partial charge in [-0.05, 0) is 34.6 Å². The fraction of sp³-hybridized carbons (Fsp3) is 1.00. The molecule has 0 aromatic heterocycles. The zero-order chi connectivity index (χ0) is 17.5. The van der Waals surface area contributed by atoms with Gasteiger partial charge in [0.25, 0.3) is 0 Å². The van der Waals surface area contributed by atoms with Gasteiger partial charge in [-0.3, -0.25) is 0 Å². The second kappa shape index (κ2) is 15.6. The van der Waals surface area contributed by atoms with Gasteiger partial charge in [0, 0.05) is 0 Å². The molecule has 4 N–H and O–H groups in total. The predicted molar refractivity (Wildman–Crippen MR) is 83.8 cm³/mol. The predicted octanol–water partition coefficient (Wildman–Crippen LogP) is -0.0657. The van der Waals surface area contributed by atoms with Crippen molar-refractivity contribution >= 4 is 0 Å². The zero-order valence-corrected chi connectivity index (χ0v) is 14.4. The average Bonchev–Trinajstić information content (AvgIpc) is 2.48. The van der Waals surface area contributed by atoms with Crippen molar-refractivity contribution in [3.05, 3.63) is 0 Å². The van der Waals surface area contributed by atoms with Crippen LogP contribution in [0, 0.1) is 0 Å². The average molecular weight is 326 g/mol. The normalized spacial score (nSPS) is 17.9. The standard InChI is InChI=1S/C9H20O4.C6H14O3/c1-7(11)5-12-9(3)6-13-8(2)4-10;1-5(8)4-9-6(2)3-7/h7-11H,4-6H2,1-3H3;5-8H,3-4H2,1-2H3. The first kappa shape index (κ1) is 24.0. The van der Waals surface area contributed by atoms with Gasteiger partial charge in [-0.25, -0.2) is 0 Å². The quantitative estimate of drug-likeness (QED) is 0.421. The molecule has 0 amide bonds. The van der Waals surface area contributed by atoms with E-state index >= 15 is 0 Å². The molecule has 0 rings (SSSR count). The molecule has 136 valence electrons. The molecule has 5 unspecified atom stereocenters. The van der Waals surface area contributed by atoms with Crippen LogP contribution in [-0.4, -0.2) is 84.0 Å². The highest BCUT2D eigenvalue weighted by molar-refractivity contribution is 4.53. The highest BCUT2D eigenvalue weighted by Gasteiger charge is 2.07. The molecule has 0 aromatic rings. The van der Waals surface area contributed by atoms with Crippen molar-refractivity contribution in [3.63, 3.8) is 0 Å². The van der Waals surface area contributed by atoms with E-state index in [4.69, 9.17) is 34.6 Å². The molecule has 0 fully saturated rings. The summed E-state index contributed by atoms with van der Waals surface area (Å²) in [5.74, 6) is 0. The van der Waals surface area contributed by atoms with Crippen molar-refractivity contribution in [3.8, 4) is 0 Å². The van der Waals surface area contributed by atoms with E-state index in [0.29, 0.717) is 19.8 Å². The molecule has 0 spiro atoms. The van der Waals surface area contributed by atoms with Crippen LogP contribution in [0.15, 0.2) is 0 Å². The Bertz CT molecular complexity index is 224. The van der Waals surface area contributed by atoms with Crippen molar-refractivity contribution in [1.82, 2.24) is 0 Å². The van der Waals surface area contributed by atoms with Crippen molar-refractivity contribution in [1.29, 1.82) is 0 Å². The lowest BCUT2D eigenvalue weighted by Crippen LogP contribution is -2.24. The third-order valence-corrected chi connectivity index (χ3v) is 2.37. The Labute approximate surface area is 133 Å². The molecule has 0 bridgehead atoms. The van der Waals surface area contributed by atoms with Crippen LogP contribution in [0.4, 0.5) is 0 Å². The summed E-state index contributed by atoms with van der Waals surface area (Å²) in [5.41, 5.74) is 0. The third-order valence-electron chi connectivity index (χ3n) is 2.37. The van der Waals surface area contributed by atoms with E-state index in [-0.39, 0.29) is 31.5 Å². The highest BCUT2D eigenvalue weighted by atomic mass is 16.5. The SMILES string of the molecule is CC(O)COC(C)CO.CC(O)COC(C)COC(C)CO. The summed E-state index contributed by atoms with van der Waals surface area (Å²) >= 11 is 0. The molecule has 5 atom stereocenters. The zero-order valence-electron chi connectivity index (χ0n) is 14.4. The Morgan fingerprint density at radius 3 is 1.23 bits per heavy atom. The fourth-order valence-electron chi connectivity index (χ4n) is 1.06. The summed E-state index contributed by atoms with van der Waals surface area (Å²) in [6, 6.07) is 0. The van der Waals surface area contributed by atoms with Crippen LogP contribution in [0.1, 0.15) is 34.6 Å². The van der Waals surface area contributed by atoms with Crippen LogP contribution < -0.4 is 0 Å². The molecule has 0 aliphatic heterocycles. The first-order valence-corrected chi connectivity index (χ1v) is 7.65. The molecule has 0 aromatic carbocycles. The summed E-state index contributed by atoms with van der Waals surface area (Å²) < 4.78 is 15.4. The monoisotopic (exact) mass is 326 g/mol. The van der Waals surface area contributed by atoms with E-state index in [9.17, 15) is 0 Å². The van der Waals surface area contributed by atoms with Crippen LogP contribution in [-0.2, 0) is 14.2 Å². The molecule has 22 heavy (non-hydrogen) atoms. The Kier molecular flexibility index (Phi) is 17.0. The van der Waals surface area contributed by atoms with E-state index in [2.05, 4.69) is 0 Å². The van der Waals surface area contributed by atoms with Gasteiger partial charge in [-0.2, -0.15) is 0 Å². The third kappa shape index (κ3) is 19.7. The Hall–Kier alpha value is -0.280. The first-order chi connectivity index (χ1) is 10.2. The van der Waals surface area contributed by atoms with Gasteiger partial charge in [0.05, 0.1) is 63.6 Å². The molecule has 0 aliphatic rings. The largest absolute Gasteiger partial charge is 0.394 e. The van der Waals surface area contributed by atoms with Crippen LogP contribution in [0.25, 0.3) is 0 Å². The molecule has 7 nitrogen and oxygen atoms in total. The molecule has 0 radical (unpaired) electrons. The highest BCUT2D eigenvalue weighted by Crippen LogP contribution is 1.97. The van der Waals surface area contributed by atoms with Gasteiger partial charge >= 0.3 is 0 Å². The van der Waals surface area contributed by atoms with Crippen molar-refractivity contribution < 1.29 is 34.6 Å². The lowest BCUT2D eigenvalue weighted by atomic mass is 10.4. The van der Waals surface area contributed by atoms with E-state index in [1.807, 2.05) is 6.92 Å². The maximum atomic E-state index is 8.92. The molecule has 0 saturated carbocycles. The number of hydrogen-bond donors (Lipinski definition) is 4. The second-order valence-corrected chi connectivity index (χ2v) is 5.50. The van der Waals surface area contributed by atoms with Crippen molar-refractivity contribution in [2.45, 2.75) is 65.1 Å². The summed E-state index contributed by atoms with van der Waals surface area (Å²) in [5, 5.41) is 34.7. The lowest BCUT2D eigenvalue weighted by molar-refractivity contribution is -0.0620. The van der Waals surface area contributed by atoms with Crippen LogP contribution in [0.2, 0.25) is 0 Å². The minimum Gasteiger partial charge on any atom is -0.394 e. The Morgan fingerprint density at radius 1 is 0.591 bits per heavy atom. The summed E-state index contributed by atoms with van der Waals surface area (Å²) in [6.45, 7) is 9.80. The first-order valence-electron chi connectivity index (χ1n) is 7.65. The van der Waals surface area contributed by atoms with Crippen LogP contribution in [0.3, 0.4) is 0 Å². The van der Waals surface area contributed by atoms with Gasteiger partial charge in [-0.15, -0.1) is 0 Å². The van der Waals surface area contributed by atoms with E-state index in [1.165, 1.54) is 0 Å². The van der Waals surface area contributed by atoms with E-state index < -0.39 is 12.2 Å². The number of rotatable bonds is 11. The lowest BCUT2D eigenvalue weighted by Gasteiger charge is -2.16. The second-order valence-electron chi connectivity index (χ2n) is 5.50. The minimum atomic E-state index is -0.447.